The Morgan fingerprint density at radius 1 is 1.11 bits per heavy atom. The van der Waals surface area contributed by atoms with Gasteiger partial charge in [-0.2, -0.15) is 0 Å². The molecule has 3 rings (SSSR count). The van der Waals surface area contributed by atoms with Gasteiger partial charge in [0.15, 0.2) is 0 Å². The molecule has 0 saturated heterocycles. The third kappa shape index (κ3) is 2.99. The zero-order valence-corrected chi connectivity index (χ0v) is 12.4. The highest BCUT2D eigenvalue weighted by Crippen LogP contribution is 2.24. The lowest BCUT2D eigenvalue weighted by atomic mass is 10.1. The lowest BCUT2D eigenvalue weighted by Crippen LogP contribution is -2.28. The van der Waals surface area contributed by atoms with Crippen molar-refractivity contribution in [1.29, 1.82) is 0 Å². The number of benzene rings is 2. The second-order valence-electron chi connectivity index (χ2n) is 4.86. The van der Waals surface area contributed by atoms with Gasteiger partial charge in [-0.3, -0.25) is 0 Å². The summed E-state index contributed by atoms with van der Waals surface area (Å²) in [7, 11) is 0. The van der Waals surface area contributed by atoms with E-state index in [0.29, 0.717) is 0 Å². The second kappa shape index (κ2) is 5.76. The predicted molar refractivity (Wildman–Crippen MR) is 83.3 cm³/mol. The molecule has 0 saturated carbocycles. The Hall–Kier alpha value is -1.32. The van der Waals surface area contributed by atoms with Crippen LogP contribution in [0, 0.1) is 0 Å². The van der Waals surface area contributed by atoms with E-state index in [4.69, 9.17) is 0 Å². The fourth-order valence-corrected chi connectivity index (χ4v) is 2.99. The smallest absolute Gasteiger partial charge is 0.0430 e. The maximum absolute atomic E-state index is 3.54. The van der Waals surface area contributed by atoms with Gasteiger partial charge in [-0.15, -0.1) is 0 Å². The molecule has 1 aliphatic heterocycles. The van der Waals surface area contributed by atoms with Gasteiger partial charge in [0.1, 0.15) is 0 Å². The minimum absolute atomic E-state index is 0.956. The molecule has 1 N–H and O–H groups in total. The first-order valence-electron chi connectivity index (χ1n) is 6.61. The molecular weight excluding hydrogens is 300 g/mol. The van der Waals surface area contributed by atoms with Gasteiger partial charge < -0.3 is 10.2 Å². The minimum atomic E-state index is 0.956. The van der Waals surface area contributed by atoms with E-state index in [1.165, 1.54) is 16.8 Å². The average molecular weight is 317 g/mol. The fraction of sp³-hybridized carbons (Fsp3) is 0.250. The maximum atomic E-state index is 3.54. The summed E-state index contributed by atoms with van der Waals surface area (Å²) in [5, 5.41) is 3.48. The summed E-state index contributed by atoms with van der Waals surface area (Å²) < 4.78 is 1.14. The number of hydrogen-bond donors (Lipinski definition) is 1. The molecule has 1 aliphatic rings. The van der Waals surface area contributed by atoms with Crippen LogP contribution in [0.15, 0.2) is 53.0 Å². The van der Waals surface area contributed by atoms with Crippen molar-refractivity contribution in [1.82, 2.24) is 5.32 Å². The van der Waals surface area contributed by atoms with Gasteiger partial charge in [0, 0.05) is 36.3 Å². The van der Waals surface area contributed by atoms with E-state index in [-0.39, 0.29) is 0 Å². The first-order chi connectivity index (χ1) is 9.33. The Labute approximate surface area is 122 Å². The van der Waals surface area contributed by atoms with Crippen LogP contribution in [0.2, 0.25) is 0 Å². The van der Waals surface area contributed by atoms with Crippen LogP contribution in [-0.2, 0) is 13.1 Å². The molecule has 0 aromatic heterocycles. The highest BCUT2D eigenvalue weighted by atomic mass is 79.9. The summed E-state index contributed by atoms with van der Waals surface area (Å²) in [4.78, 5) is 2.46. The zero-order valence-electron chi connectivity index (χ0n) is 10.8. The molecule has 2 aromatic carbocycles. The number of hydrogen-bond acceptors (Lipinski definition) is 2. The molecule has 3 heteroatoms. The number of fused-ring (bicyclic) bond motifs is 1. The van der Waals surface area contributed by atoms with E-state index >= 15 is 0 Å². The zero-order chi connectivity index (χ0) is 13.1. The third-order valence-electron chi connectivity index (χ3n) is 3.47. The topological polar surface area (TPSA) is 15.3 Å². The van der Waals surface area contributed by atoms with Crippen LogP contribution in [0.4, 0.5) is 5.69 Å². The average Bonchev–Trinajstić information content (AvgIpc) is 2.62. The lowest BCUT2D eigenvalue weighted by molar-refractivity contribution is 0.688. The number of rotatable bonds is 2. The lowest BCUT2D eigenvalue weighted by Gasteiger charge is -2.24. The molecule has 1 heterocycles. The number of halogens is 1. The molecule has 2 aromatic rings. The Bertz CT molecular complexity index is 568. The van der Waals surface area contributed by atoms with E-state index < -0.39 is 0 Å². The van der Waals surface area contributed by atoms with Crippen molar-refractivity contribution in [3.8, 4) is 0 Å². The molecule has 0 atom stereocenters. The third-order valence-corrected chi connectivity index (χ3v) is 3.96. The monoisotopic (exact) mass is 316 g/mol. The Morgan fingerprint density at radius 2 is 2.00 bits per heavy atom. The SMILES string of the molecule is Brc1cccc(CN2CCNCc3ccccc32)c1. The van der Waals surface area contributed by atoms with Crippen LogP contribution >= 0.6 is 15.9 Å². The molecule has 0 radical (unpaired) electrons. The summed E-state index contributed by atoms with van der Waals surface area (Å²) in [5.74, 6) is 0. The van der Waals surface area contributed by atoms with Gasteiger partial charge in [0.05, 0.1) is 0 Å². The quantitative estimate of drug-likeness (QED) is 0.911. The van der Waals surface area contributed by atoms with Crippen molar-refractivity contribution >= 4 is 21.6 Å². The van der Waals surface area contributed by atoms with Gasteiger partial charge in [-0.25, -0.2) is 0 Å². The first-order valence-corrected chi connectivity index (χ1v) is 7.40. The van der Waals surface area contributed by atoms with E-state index in [1.807, 2.05) is 0 Å². The summed E-state index contributed by atoms with van der Waals surface area (Å²) in [6.45, 7) is 4.00. The Kier molecular flexibility index (Phi) is 3.85. The van der Waals surface area contributed by atoms with Gasteiger partial charge in [0.2, 0.25) is 0 Å². The molecule has 0 fully saturated rings. The molecular formula is C16H17BrN2. The van der Waals surface area contributed by atoms with Gasteiger partial charge in [-0.05, 0) is 29.3 Å². The van der Waals surface area contributed by atoms with Crippen molar-refractivity contribution in [2.24, 2.45) is 0 Å². The fourth-order valence-electron chi connectivity index (χ4n) is 2.55. The maximum Gasteiger partial charge on any atom is 0.0430 e. The number of nitrogens with zero attached hydrogens (tertiary/aromatic N) is 1. The van der Waals surface area contributed by atoms with Crippen LogP contribution in [0.5, 0.6) is 0 Å². The first kappa shape index (κ1) is 12.7. The second-order valence-corrected chi connectivity index (χ2v) is 5.77. The number of nitrogens with one attached hydrogen (secondary N) is 1. The molecule has 2 nitrogen and oxygen atoms in total. The van der Waals surface area contributed by atoms with Gasteiger partial charge in [-0.1, -0.05) is 46.3 Å². The molecule has 0 amide bonds. The largest absolute Gasteiger partial charge is 0.366 e. The number of para-hydroxylation sites is 1. The van der Waals surface area contributed by atoms with E-state index in [1.54, 1.807) is 0 Å². The summed E-state index contributed by atoms with van der Waals surface area (Å²) in [5.41, 5.74) is 4.08. The Morgan fingerprint density at radius 3 is 2.89 bits per heavy atom. The summed E-state index contributed by atoms with van der Waals surface area (Å²) >= 11 is 3.54. The van der Waals surface area contributed by atoms with Crippen molar-refractivity contribution in [3.63, 3.8) is 0 Å². The van der Waals surface area contributed by atoms with E-state index in [9.17, 15) is 0 Å². The highest BCUT2D eigenvalue weighted by molar-refractivity contribution is 9.10. The van der Waals surface area contributed by atoms with Crippen molar-refractivity contribution in [2.75, 3.05) is 18.0 Å². The molecule has 0 bridgehead atoms. The summed E-state index contributed by atoms with van der Waals surface area (Å²) in [6.07, 6.45) is 0. The van der Waals surface area contributed by atoms with Gasteiger partial charge >= 0.3 is 0 Å². The van der Waals surface area contributed by atoms with Gasteiger partial charge in [0.25, 0.3) is 0 Å². The normalized spacial score (nSPS) is 14.9. The standard InChI is InChI=1S/C16H17BrN2/c17-15-6-3-4-13(10-15)12-19-9-8-18-11-14-5-1-2-7-16(14)19/h1-7,10,18H,8-9,11-12H2. The number of anilines is 1. The van der Waals surface area contributed by atoms with Crippen LogP contribution in [0.25, 0.3) is 0 Å². The molecule has 19 heavy (non-hydrogen) atoms. The minimum Gasteiger partial charge on any atom is -0.366 e. The van der Waals surface area contributed by atoms with Crippen molar-refractivity contribution in [2.45, 2.75) is 13.1 Å². The predicted octanol–water partition coefficient (Wildman–Crippen LogP) is 3.56. The molecule has 0 spiro atoms. The van der Waals surface area contributed by atoms with E-state index in [2.05, 4.69) is 74.7 Å². The van der Waals surface area contributed by atoms with Crippen molar-refractivity contribution < 1.29 is 0 Å². The van der Waals surface area contributed by atoms with Crippen LogP contribution < -0.4 is 10.2 Å². The van der Waals surface area contributed by atoms with Crippen LogP contribution in [-0.4, -0.2) is 13.1 Å². The molecule has 0 unspecified atom stereocenters. The van der Waals surface area contributed by atoms with Crippen LogP contribution in [0.3, 0.4) is 0 Å². The van der Waals surface area contributed by atoms with Crippen LogP contribution in [0.1, 0.15) is 11.1 Å². The molecule has 98 valence electrons. The highest BCUT2D eigenvalue weighted by Gasteiger charge is 2.14. The summed E-state index contributed by atoms with van der Waals surface area (Å²) in [6, 6.07) is 17.2. The van der Waals surface area contributed by atoms with Crippen molar-refractivity contribution in [3.05, 3.63) is 64.1 Å². The van der Waals surface area contributed by atoms with E-state index in [0.717, 1.165) is 30.7 Å². The Balaban J connectivity index is 1.88. The molecule has 0 aliphatic carbocycles.